The fourth-order valence-corrected chi connectivity index (χ4v) is 4.38. The van der Waals surface area contributed by atoms with Crippen LogP contribution in [0.15, 0.2) is 5.38 Å². The van der Waals surface area contributed by atoms with E-state index < -0.39 is 0 Å². The van der Waals surface area contributed by atoms with Gasteiger partial charge in [0.1, 0.15) is 0 Å². The topological polar surface area (TPSA) is 59.8 Å². The van der Waals surface area contributed by atoms with Crippen LogP contribution < -0.4 is 5.32 Å². The molecular formula is C18H26N4OS. The number of carbonyl (C=O) groups excluding carboxylic acids is 1. The monoisotopic (exact) mass is 346 g/mol. The van der Waals surface area contributed by atoms with E-state index in [1.807, 2.05) is 20.9 Å². The standard InChI is InChI=1S/C18H26N4OS/c1-12-17(13(2)22(3)21-12)18(23)19-10-9-16-20-15(11-24-16)14-7-5-4-6-8-14/h11,14H,4-10H2,1-3H3,(H,19,23). The van der Waals surface area contributed by atoms with E-state index in [1.54, 1.807) is 16.0 Å². The Hall–Kier alpha value is -1.69. The summed E-state index contributed by atoms with van der Waals surface area (Å²) in [5, 5.41) is 10.6. The summed E-state index contributed by atoms with van der Waals surface area (Å²) in [6.07, 6.45) is 7.38. The third kappa shape index (κ3) is 3.69. The molecule has 2 aromatic rings. The van der Waals surface area contributed by atoms with Crippen molar-refractivity contribution in [1.29, 1.82) is 0 Å². The molecule has 3 rings (SSSR count). The molecule has 1 saturated carbocycles. The van der Waals surface area contributed by atoms with Crippen LogP contribution in [0.5, 0.6) is 0 Å². The van der Waals surface area contributed by atoms with Crippen molar-refractivity contribution in [2.75, 3.05) is 6.54 Å². The highest BCUT2D eigenvalue weighted by molar-refractivity contribution is 7.09. The molecular weight excluding hydrogens is 320 g/mol. The van der Waals surface area contributed by atoms with Gasteiger partial charge in [-0.05, 0) is 26.7 Å². The number of nitrogens with one attached hydrogen (secondary N) is 1. The van der Waals surface area contributed by atoms with E-state index in [1.165, 1.54) is 37.8 Å². The van der Waals surface area contributed by atoms with Crippen molar-refractivity contribution in [3.05, 3.63) is 33.0 Å². The third-order valence-electron chi connectivity index (χ3n) is 4.95. The summed E-state index contributed by atoms with van der Waals surface area (Å²) in [6.45, 7) is 4.41. The second kappa shape index (κ2) is 7.47. The molecule has 1 aliphatic rings. The number of carbonyl (C=O) groups is 1. The Kier molecular flexibility index (Phi) is 5.33. The minimum Gasteiger partial charge on any atom is -0.351 e. The molecule has 1 aliphatic carbocycles. The Balaban J connectivity index is 1.53. The van der Waals surface area contributed by atoms with Gasteiger partial charge in [0.25, 0.3) is 5.91 Å². The average Bonchev–Trinajstić information content (AvgIpc) is 3.13. The summed E-state index contributed by atoms with van der Waals surface area (Å²) < 4.78 is 1.75. The zero-order chi connectivity index (χ0) is 17.1. The number of hydrogen-bond acceptors (Lipinski definition) is 4. The van der Waals surface area contributed by atoms with Crippen molar-refractivity contribution in [1.82, 2.24) is 20.1 Å². The summed E-state index contributed by atoms with van der Waals surface area (Å²) in [5.41, 5.74) is 3.64. The maximum Gasteiger partial charge on any atom is 0.255 e. The van der Waals surface area contributed by atoms with Crippen molar-refractivity contribution < 1.29 is 4.79 Å². The molecule has 1 amide bonds. The number of hydrogen-bond donors (Lipinski definition) is 1. The van der Waals surface area contributed by atoms with Gasteiger partial charge in [0.15, 0.2) is 0 Å². The molecule has 0 radical (unpaired) electrons. The van der Waals surface area contributed by atoms with Crippen LogP contribution in [0.25, 0.3) is 0 Å². The largest absolute Gasteiger partial charge is 0.351 e. The van der Waals surface area contributed by atoms with E-state index >= 15 is 0 Å². The molecule has 0 aliphatic heterocycles. The highest BCUT2D eigenvalue weighted by Gasteiger charge is 2.19. The molecule has 2 heterocycles. The summed E-state index contributed by atoms with van der Waals surface area (Å²) in [4.78, 5) is 17.2. The van der Waals surface area contributed by atoms with Crippen LogP contribution in [0.4, 0.5) is 0 Å². The number of aromatic nitrogens is 3. The van der Waals surface area contributed by atoms with Gasteiger partial charge < -0.3 is 5.32 Å². The Bertz CT molecular complexity index is 713. The van der Waals surface area contributed by atoms with E-state index in [4.69, 9.17) is 4.98 Å². The van der Waals surface area contributed by atoms with Crippen LogP contribution in [0.2, 0.25) is 0 Å². The maximum absolute atomic E-state index is 12.4. The van der Waals surface area contributed by atoms with Gasteiger partial charge in [0, 0.05) is 37.0 Å². The maximum atomic E-state index is 12.4. The van der Waals surface area contributed by atoms with Gasteiger partial charge in [-0.25, -0.2) is 4.98 Å². The highest BCUT2D eigenvalue weighted by Crippen LogP contribution is 2.33. The van der Waals surface area contributed by atoms with Crippen molar-refractivity contribution >= 4 is 17.2 Å². The number of amides is 1. The lowest BCUT2D eigenvalue weighted by Crippen LogP contribution is -2.26. The lowest BCUT2D eigenvalue weighted by atomic mass is 9.87. The second-order valence-electron chi connectivity index (χ2n) is 6.68. The molecule has 5 nitrogen and oxygen atoms in total. The van der Waals surface area contributed by atoms with E-state index in [-0.39, 0.29) is 5.91 Å². The van der Waals surface area contributed by atoms with Crippen LogP contribution >= 0.6 is 11.3 Å². The molecule has 0 bridgehead atoms. The minimum atomic E-state index is -0.0397. The summed E-state index contributed by atoms with van der Waals surface area (Å²) >= 11 is 1.72. The van der Waals surface area contributed by atoms with E-state index in [0.29, 0.717) is 18.0 Å². The Morgan fingerprint density at radius 2 is 2.08 bits per heavy atom. The molecule has 0 spiro atoms. The lowest BCUT2D eigenvalue weighted by molar-refractivity contribution is 0.0953. The highest BCUT2D eigenvalue weighted by atomic mass is 32.1. The van der Waals surface area contributed by atoms with E-state index in [9.17, 15) is 4.79 Å². The zero-order valence-electron chi connectivity index (χ0n) is 14.8. The van der Waals surface area contributed by atoms with Gasteiger partial charge >= 0.3 is 0 Å². The lowest BCUT2D eigenvalue weighted by Gasteiger charge is -2.19. The van der Waals surface area contributed by atoms with Gasteiger partial charge in [0.05, 0.1) is 22.0 Å². The second-order valence-corrected chi connectivity index (χ2v) is 7.62. The van der Waals surface area contributed by atoms with Crippen molar-refractivity contribution in [2.24, 2.45) is 7.05 Å². The smallest absolute Gasteiger partial charge is 0.255 e. The van der Waals surface area contributed by atoms with Crippen LogP contribution in [0.3, 0.4) is 0 Å². The number of aryl methyl sites for hydroxylation is 2. The first-order chi connectivity index (χ1) is 11.6. The average molecular weight is 347 g/mol. The van der Waals surface area contributed by atoms with Gasteiger partial charge in [-0.3, -0.25) is 9.48 Å². The fraction of sp³-hybridized carbons (Fsp3) is 0.611. The van der Waals surface area contributed by atoms with Gasteiger partial charge in [-0.2, -0.15) is 5.10 Å². The number of rotatable bonds is 5. The number of thiazole rings is 1. The first-order valence-corrected chi connectivity index (χ1v) is 9.67. The molecule has 6 heteroatoms. The zero-order valence-corrected chi connectivity index (χ0v) is 15.6. The predicted molar refractivity (Wildman–Crippen MR) is 96.7 cm³/mol. The number of nitrogens with zero attached hydrogens (tertiary/aromatic N) is 3. The normalized spacial score (nSPS) is 15.6. The summed E-state index contributed by atoms with van der Waals surface area (Å²) in [5.74, 6) is 0.612. The van der Waals surface area contributed by atoms with Gasteiger partial charge in [-0.15, -0.1) is 11.3 Å². The van der Waals surface area contributed by atoms with Crippen molar-refractivity contribution in [3.8, 4) is 0 Å². The minimum absolute atomic E-state index is 0.0397. The van der Waals surface area contributed by atoms with E-state index in [2.05, 4.69) is 15.8 Å². The Morgan fingerprint density at radius 1 is 1.33 bits per heavy atom. The van der Waals surface area contributed by atoms with Gasteiger partial charge in [-0.1, -0.05) is 19.3 Å². The predicted octanol–water partition coefficient (Wildman–Crippen LogP) is 3.51. The third-order valence-corrected chi connectivity index (χ3v) is 5.88. The van der Waals surface area contributed by atoms with Crippen LogP contribution in [0.1, 0.15) is 70.5 Å². The summed E-state index contributed by atoms with van der Waals surface area (Å²) in [7, 11) is 1.86. The van der Waals surface area contributed by atoms with Gasteiger partial charge in [0.2, 0.25) is 0 Å². The Morgan fingerprint density at radius 3 is 2.75 bits per heavy atom. The van der Waals surface area contributed by atoms with E-state index in [0.717, 1.165) is 22.8 Å². The molecule has 0 unspecified atom stereocenters. The molecule has 0 atom stereocenters. The van der Waals surface area contributed by atoms with Crippen LogP contribution in [-0.4, -0.2) is 27.2 Å². The molecule has 0 saturated heterocycles. The SMILES string of the molecule is Cc1nn(C)c(C)c1C(=O)NCCc1nc(C2CCCCC2)cs1. The summed E-state index contributed by atoms with van der Waals surface area (Å²) in [6, 6.07) is 0. The van der Waals surface area contributed by atoms with Crippen LogP contribution in [-0.2, 0) is 13.5 Å². The molecule has 2 aromatic heterocycles. The fourth-order valence-electron chi connectivity index (χ4n) is 3.50. The molecule has 130 valence electrons. The van der Waals surface area contributed by atoms with Crippen molar-refractivity contribution in [2.45, 2.75) is 58.3 Å². The Labute approximate surface area is 147 Å². The quantitative estimate of drug-likeness (QED) is 0.901. The first kappa shape index (κ1) is 17.1. The van der Waals surface area contributed by atoms with Crippen molar-refractivity contribution in [3.63, 3.8) is 0 Å². The van der Waals surface area contributed by atoms with Crippen LogP contribution in [0, 0.1) is 13.8 Å². The molecule has 1 fully saturated rings. The molecule has 1 N–H and O–H groups in total. The molecule has 0 aromatic carbocycles. The molecule has 24 heavy (non-hydrogen) atoms. The first-order valence-electron chi connectivity index (χ1n) is 8.79.